The Hall–Kier alpha value is -0.860. The zero-order valence-corrected chi connectivity index (χ0v) is 11.2. The van der Waals surface area contributed by atoms with Crippen LogP contribution in [0.1, 0.15) is 50.2 Å². The fourth-order valence-electron chi connectivity index (χ4n) is 3.66. The lowest BCUT2D eigenvalue weighted by Crippen LogP contribution is -2.46. The Bertz CT molecular complexity index is 417. The Morgan fingerprint density at radius 3 is 2.67 bits per heavy atom. The second-order valence-electron chi connectivity index (χ2n) is 6.03. The van der Waals surface area contributed by atoms with Gasteiger partial charge < -0.3 is 10.4 Å². The van der Waals surface area contributed by atoms with Gasteiger partial charge in [-0.3, -0.25) is 0 Å². The maximum atomic E-state index is 11.0. The summed E-state index contributed by atoms with van der Waals surface area (Å²) >= 11 is 0. The number of piperidine rings is 1. The third-order valence-electron chi connectivity index (χ3n) is 4.51. The first-order chi connectivity index (χ1) is 8.69. The fourth-order valence-corrected chi connectivity index (χ4v) is 3.66. The minimum absolute atomic E-state index is 0.517. The van der Waals surface area contributed by atoms with E-state index in [2.05, 4.69) is 36.5 Å². The van der Waals surface area contributed by atoms with Crippen molar-refractivity contribution in [3.05, 3.63) is 35.4 Å². The molecular formula is C16H23NO. The fraction of sp³-hybridized carbons (Fsp3) is 0.625. The largest absolute Gasteiger partial charge is 0.385 e. The van der Waals surface area contributed by atoms with E-state index in [9.17, 15) is 5.11 Å². The Labute approximate surface area is 109 Å². The van der Waals surface area contributed by atoms with E-state index < -0.39 is 5.60 Å². The molecule has 0 aliphatic carbocycles. The second-order valence-corrected chi connectivity index (χ2v) is 6.03. The Morgan fingerprint density at radius 1 is 1.28 bits per heavy atom. The number of rotatable bonds is 3. The number of hydrogen-bond acceptors (Lipinski definition) is 2. The van der Waals surface area contributed by atoms with Gasteiger partial charge in [-0.15, -0.1) is 0 Å². The van der Waals surface area contributed by atoms with Crippen LogP contribution in [0, 0.1) is 0 Å². The molecule has 1 aromatic carbocycles. The van der Waals surface area contributed by atoms with Crippen molar-refractivity contribution in [2.75, 3.05) is 0 Å². The highest BCUT2D eigenvalue weighted by Gasteiger charge is 2.43. The predicted octanol–water partition coefficient (Wildman–Crippen LogP) is 2.74. The molecule has 2 N–H and O–H groups in total. The van der Waals surface area contributed by atoms with E-state index in [1.165, 1.54) is 18.4 Å². The summed E-state index contributed by atoms with van der Waals surface area (Å²) in [5.41, 5.74) is 1.89. The summed E-state index contributed by atoms with van der Waals surface area (Å²) in [5, 5.41) is 14.6. The maximum Gasteiger partial charge on any atom is 0.0926 e. The third-order valence-corrected chi connectivity index (χ3v) is 4.51. The molecule has 2 aliphatic rings. The molecule has 0 saturated carbocycles. The summed E-state index contributed by atoms with van der Waals surface area (Å²) in [5.74, 6) is 0. The molecule has 0 aromatic heterocycles. The third kappa shape index (κ3) is 2.19. The number of fused-ring (bicyclic) bond motifs is 2. The van der Waals surface area contributed by atoms with Crippen molar-refractivity contribution in [3.63, 3.8) is 0 Å². The van der Waals surface area contributed by atoms with E-state index in [1.807, 2.05) is 0 Å². The van der Waals surface area contributed by atoms with Crippen molar-refractivity contribution in [2.45, 2.75) is 63.1 Å². The minimum atomic E-state index is -0.596. The molecule has 0 spiro atoms. The minimum Gasteiger partial charge on any atom is -0.385 e. The maximum absolute atomic E-state index is 11.0. The molecule has 2 unspecified atom stereocenters. The first-order valence-electron chi connectivity index (χ1n) is 7.27. The normalized spacial score (nSPS) is 34.8. The van der Waals surface area contributed by atoms with E-state index in [0.29, 0.717) is 12.1 Å². The number of nitrogens with one attached hydrogen (secondary N) is 1. The summed E-state index contributed by atoms with van der Waals surface area (Å²) in [6.07, 6.45) is 6.46. The number of aryl methyl sites for hydroxylation is 1. The molecule has 0 radical (unpaired) electrons. The van der Waals surface area contributed by atoms with Crippen LogP contribution in [0.2, 0.25) is 0 Å². The summed E-state index contributed by atoms with van der Waals surface area (Å²) in [6.45, 7) is 2.20. The van der Waals surface area contributed by atoms with Crippen LogP contribution in [0.25, 0.3) is 0 Å². The molecular weight excluding hydrogens is 222 g/mol. The van der Waals surface area contributed by atoms with Gasteiger partial charge in [-0.1, -0.05) is 37.6 Å². The van der Waals surface area contributed by atoms with Crippen LogP contribution in [-0.4, -0.2) is 17.2 Å². The van der Waals surface area contributed by atoms with Crippen molar-refractivity contribution in [1.29, 1.82) is 0 Å². The average Bonchev–Trinajstić information content (AvgIpc) is 2.70. The highest BCUT2D eigenvalue weighted by Crippen LogP contribution is 2.40. The van der Waals surface area contributed by atoms with Gasteiger partial charge in [0.15, 0.2) is 0 Å². The van der Waals surface area contributed by atoms with Crippen LogP contribution < -0.4 is 5.32 Å². The van der Waals surface area contributed by atoms with E-state index in [4.69, 9.17) is 0 Å². The molecule has 2 atom stereocenters. The zero-order valence-electron chi connectivity index (χ0n) is 11.2. The highest BCUT2D eigenvalue weighted by atomic mass is 16.3. The van der Waals surface area contributed by atoms with Crippen LogP contribution in [-0.2, 0) is 12.0 Å². The number of aliphatic hydroxyl groups is 1. The first kappa shape index (κ1) is 12.2. The van der Waals surface area contributed by atoms with E-state index in [0.717, 1.165) is 31.2 Å². The molecule has 1 aromatic rings. The van der Waals surface area contributed by atoms with E-state index in [-0.39, 0.29) is 0 Å². The molecule has 3 rings (SSSR count). The van der Waals surface area contributed by atoms with Crippen LogP contribution in [0.3, 0.4) is 0 Å². The smallest absolute Gasteiger partial charge is 0.0926 e. The molecule has 2 nitrogen and oxygen atoms in total. The monoisotopic (exact) mass is 245 g/mol. The number of benzene rings is 1. The van der Waals surface area contributed by atoms with Crippen molar-refractivity contribution in [3.8, 4) is 0 Å². The standard InChI is InChI=1S/C16H23NO/c1-2-4-12-5-3-6-13(9-12)16(18)10-14-7-8-15(11-16)17-14/h3,5-6,9,14-15,17-18H,2,4,7-8,10-11H2,1H3. The Balaban J connectivity index is 1.86. The van der Waals surface area contributed by atoms with Gasteiger partial charge in [0.2, 0.25) is 0 Å². The van der Waals surface area contributed by atoms with E-state index in [1.54, 1.807) is 0 Å². The predicted molar refractivity (Wildman–Crippen MR) is 73.5 cm³/mol. The van der Waals surface area contributed by atoms with Gasteiger partial charge in [-0.25, -0.2) is 0 Å². The van der Waals surface area contributed by atoms with Crippen molar-refractivity contribution < 1.29 is 5.11 Å². The van der Waals surface area contributed by atoms with Gasteiger partial charge in [0.05, 0.1) is 5.60 Å². The van der Waals surface area contributed by atoms with Gasteiger partial charge in [0.1, 0.15) is 0 Å². The molecule has 2 saturated heterocycles. The molecule has 2 heterocycles. The molecule has 2 bridgehead atoms. The Kier molecular flexibility index (Phi) is 3.16. The molecule has 2 heteroatoms. The van der Waals surface area contributed by atoms with Crippen molar-refractivity contribution >= 4 is 0 Å². The van der Waals surface area contributed by atoms with Crippen LogP contribution in [0.5, 0.6) is 0 Å². The lowest BCUT2D eigenvalue weighted by molar-refractivity contribution is -0.0115. The van der Waals surface area contributed by atoms with Gasteiger partial charge in [-0.05, 0) is 43.2 Å². The average molecular weight is 245 g/mol. The number of hydrogen-bond donors (Lipinski definition) is 2. The van der Waals surface area contributed by atoms with Crippen LogP contribution >= 0.6 is 0 Å². The second kappa shape index (κ2) is 4.67. The molecule has 2 fully saturated rings. The van der Waals surface area contributed by atoms with Crippen molar-refractivity contribution in [1.82, 2.24) is 5.32 Å². The summed E-state index contributed by atoms with van der Waals surface area (Å²) in [7, 11) is 0. The topological polar surface area (TPSA) is 32.3 Å². The molecule has 18 heavy (non-hydrogen) atoms. The van der Waals surface area contributed by atoms with Gasteiger partial charge in [-0.2, -0.15) is 0 Å². The van der Waals surface area contributed by atoms with Crippen molar-refractivity contribution in [2.24, 2.45) is 0 Å². The van der Waals surface area contributed by atoms with E-state index >= 15 is 0 Å². The lowest BCUT2D eigenvalue weighted by atomic mass is 9.81. The Morgan fingerprint density at radius 2 is 2.00 bits per heavy atom. The molecule has 0 amide bonds. The van der Waals surface area contributed by atoms with Gasteiger partial charge in [0, 0.05) is 12.1 Å². The zero-order chi connectivity index (χ0) is 12.6. The highest BCUT2D eigenvalue weighted by molar-refractivity contribution is 5.30. The van der Waals surface area contributed by atoms with Crippen LogP contribution in [0.15, 0.2) is 24.3 Å². The molecule has 98 valence electrons. The SMILES string of the molecule is CCCc1cccc(C2(O)CC3CCC(C2)N3)c1. The van der Waals surface area contributed by atoms with Gasteiger partial charge >= 0.3 is 0 Å². The first-order valence-corrected chi connectivity index (χ1v) is 7.27. The lowest BCUT2D eigenvalue weighted by Gasteiger charge is -2.37. The quantitative estimate of drug-likeness (QED) is 0.858. The molecule has 2 aliphatic heterocycles. The van der Waals surface area contributed by atoms with Crippen LogP contribution in [0.4, 0.5) is 0 Å². The summed E-state index contributed by atoms with van der Waals surface area (Å²) in [4.78, 5) is 0. The summed E-state index contributed by atoms with van der Waals surface area (Å²) in [6, 6.07) is 9.62. The van der Waals surface area contributed by atoms with Gasteiger partial charge in [0.25, 0.3) is 0 Å². The summed E-state index contributed by atoms with van der Waals surface area (Å²) < 4.78 is 0.